The number of rotatable bonds is 5. The number of amides is 1. The number of benzene rings is 2. The summed E-state index contributed by atoms with van der Waals surface area (Å²) in [5.74, 6) is 0.757. The fourth-order valence-electron chi connectivity index (χ4n) is 1.90. The molecule has 0 aliphatic rings. The Labute approximate surface area is 118 Å². The fraction of sp³-hybridized carbons (Fsp3) is 0.188. The van der Waals surface area contributed by atoms with E-state index in [2.05, 4.69) is 10.6 Å². The lowest BCUT2D eigenvalue weighted by molar-refractivity contribution is -0.114. The Morgan fingerprint density at radius 3 is 2.45 bits per heavy atom. The first-order chi connectivity index (χ1) is 9.69. The van der Waals surface area contributed by atoms with Crippen molar-refractivity contribution in [3.8, 4) is 5.75 Å². The third-order valence-corrected chi connectivity index (χ3v) is 2.86. The van der Waals surface area contributed by atoms with E-state index in [1.54, 1.807) is 7.11 Å². The lowest BCUT2D eigenvalue weighted by Gasteiger charge is -2.11. The molecule has 20 heavy (non-hydrogen) atoms. The van der Waals surface area contributed by atoms with E-state index in [1.807, 2.05) is 48.5 Å². The lowest BCUT2D eigenvalue weighted by Crippen LogP contribution is -2.06. The molecule has 0 aliphatic heterocycles. The van der Waals surface area contributed by atoms with Crippen LogP contribution in [0, 0.1) is 0 Å². The van der Waals surface area contributed by atoms with Crippen LogP contribution in [-0.4, -0.2) is 13.0 Å². The molecule has 2 aromatic rings. The average molecular weight is 270 g/mol. The minimum atomic E-state index is -0.0649. The number of carbonyl (C=O) groups is 1. The monoisotopic (exact) mass is 270 g/mol. The first-order valence-corrected chi connectivity index (χ1v) is 6.42. The molecule has 0 aromatic heterocycles. The van der Waals surface area contributed by atoms with Crippen molar-refractivity contribution >= 4 is 17.3 Å². The van der Waals surface area contributed by atoms with Crippen LogP contribution in [-0.2, 0) is 11.3 Å². The number of ether oxygens (including phenoxy) is 1. The number of para-hydroxylation sites is 2. The smallest absolute Gasteiger partial charge is 0.221 e. The number of anilines is 2. The van der Waals surface area contributed by atoms with Crippen LogP contribution >= 0.6 is 0 Å². The van der Waals surface area contributed by atoms with E-state index in [0.717, 1.165) is 22.7 Å². The first-order valence-electron chi connectivity index (χ1n) is 6.42. The number of hydrogen-bond donors (Lipinski definition) is 2. The molecule has 2 N–H and O–H groups in total. The van der Waals surface area contributed by atoms with Crippen LogP contribution in [0.3, 0.4) is 0 Å². The van der Waals surface area contributed by atoms with Crippen molar-refractivity contribution in [2.45, 2.75) is 13.5 Å². The molecule has 0 saturated carbocycles. The predicted molar refractivity (Wildman–Crippen MR) is 81.1 cm³/mol. The van der Waals surface area contributed by atoms with E-state index in [1.165, 1.54) is 6.92 Å². The molecule has 0 radical (unpaired) electrons. The van der Waals surface area contributed by atoms with E-state index in [9.17, 15) is 4.79 Å². The van der Waals surface area contributed by atoms with Crippen molar-refractivity contribution in [2.24, 2.45) is 0 Å². The maximum atomic E-state index is 10.9. The Morgan fingerprint density at radius 2 is 1.80 bits per heavy atom. The van der Waals surface area contributed by atoms with Gasteiger partial charge in [-0.15, -0.1) is 0 Å². The minimum absolute atomic E-state index is 0.0649. The third kappa shape index (κ3) is 3.75. The van der Waals surface area contributed by atoms with Crippen LogP contribution < -0.4 is 15.4 Å². The second kappa shape index (κ2) is 6.61. The van der Waals surface area contributed by atoms with E-state index in [4.69, 9.17) is 4.74 Å². The number of nitrogens with one attached hydrogen (secondary N) is 2. The Bertz CT molecular complexity index is 579. The van der Waals surface area contributed by atoms with Crippen LogP contribution in [0.4, 0.5) is 11.4 Å². The third-order valence-electron chi connectivity index (χ3n) is 2.86. The van der Waals surface area contributed by atoms with Crippen LogP contribution in [0.25, 0.3) is 0 Å². The summed E-state index contributed by atoms with van der Waals surface area (Å²) in [6.07, 6.45) is 0. The van der Waals surface area contributed by atoms with Gasteiger partial charge in [-0.1, -0.05) is 24.3 Å². The van der Waals surface area contributed by atoms with Gasteiger partial charge < -0.3 is 15.4 Å². The predicted octanol–water partition coefficient (Wildman–Crippen LogP) is 3.27. The minimum Gasteiger partial charge on any atom is -0.495 e. The fourth-order valence-corrected chi connectivity index (χ4v) is 1.90. The zero-order valence-electron chi connectivity index (χ0n) is 11.6. The number of methoxy groups -OCH3 is 1. The summed E-state index contributed by atoms with van der Waals surface area (Å²) in [6, 6.07) is 15.5. The normalized spacial score (nSPS) is 9.90. The van der Waals surface area contributed by atoms with Crippen LogP contribution in [0.5, 0.6) is 5.75 Å². The Morgan fingerprint density at radius 1 is 1.10 bits per heavy atom. The van der Waals surface area contributed by atoms with E-state index < -0.39 is 0 Å². The van der Waals surface area contributed by atoms with Gasteiger partial charge in [0.2, 0.25) is 5.91 Å². The first kappa shape index (κ1) is 13.9. The van der Waals surface area contributed by atoms with Gasteiger partial charge in [-0.3, -0.25) is 4.79 Å². The lowest BCUT2D eigenvalue weighted by atomic mass is 10.2. The molecule has 0 saturated heterocycles. The molecule has 4 nitrogen and oxygen atoms in total. The molecule has 0 fully saturated rings. The van der Waals surface area contributed by atoms with Crippen molar-refractivity contribution in [3.05, 3.63) is 54.1 Å². The number of carbonyl (C=O) groups excluding carboxylic acids is 1. The van der Waals surface area contributed by atoms with Gasteiger partial charge >= 0.3 is 0 Å². The average Bonchev–Trinajstić information content (AvgIpc) is 2.46. The molecule has 1 amide bonds. The standard InChI is InChI=1S/C16H18N2O2/c1-12(19)18-14-9-7-13(8-10-14)11-17-15-5-3-4-6-16(15)20-2/h3-10,17H,11H2,1-2H3,(H,18,19). The van der Waals surface area contributed by atoms with Crippen LogP contribution in [0.2, 0.25) is 0 Å². The summed E-state index contributed by atoms with van der Waals surface area (Å²) in [5, 5.41) is 6.07. The maximum Gasteiger partial charge on any atom is 0.221 e. The highest BCUT2D eigenvalue weighted by Crippen LogP contribution is 2.23. The summed E-state index contributed by atoms with van der Waals surface area (Å²) in [6.45, 7) is 2.19. The van der Waals surface area contributed by atoms with Gasteiger partial charge in [0.1, 0.15) is 5.75 Å². The quantitative estimate of drug-likeness (QED) is 0.876. The molecule has 2 aromatic carbocycles. The van der Waals surface area contributed by atoms with Gasteiger partial charge in [-0.2, -0.15) is 0 Å². The molecule has 104 valence electrons. The van der Waals surface area contributed by atoms with Gasteiger partial charge in [-0.25, -0.2) is 0 Å². The van der Waals surface area contributed by atoms with E-state index in [0.29, 0.717) is 6.54 Å². The Balaban J connectivity index is 1.98. The summed E-state index contributed by atoms with van der Waals surface area (Å²) in [4.78, 5) is 10.9. The van der Waals surface area contributed by atoms with Gasteiger partial charge in [0.25, 0.3) is 0 Å². The van der Waals surface area contributed by atoms with E-state index in [-0.39, 0.29) is 5.91 Å². The zero-order chi connectivity index (χ0) is 14.4. The van der Waals surface area contributed by atoms with E-state index >= 15 is 0 Å². The van der Waals surface area contributed by atoms with Crippen molar-refractivity contribution in [2.75, 3.05) is 17.7 Å². The SMILES string of the molecule is COc1ccccc1NCc1ccc(NC(C)=O)cc1. The summed E-state index contributed by atoms with van der Waals surface area (Å²) >= 11 is 0. The van der Waals surface area contributed by atoms with Gasteiger partial charge in [0.15, 0.2) is 0 Å². The zero-order valence-corrected chi connectivity index (χ0v) is 11.6. The molecule has 0 atom stereocenters. The largest absolute Gasteiger partial charge is 0.495 e. The molecule has 2 rings (SSSR count). The topological polar surface area (TPSA) is 50.4 Å². The van der Waals surface area contributed by atoms with Gasteiger partial charge in [-0.05, 0) is 29.8 Å². The van der Waals surface area contributed by atoms with Gasteiger partial charge in [0.05, 0.1) is 12.8 Å². The van der Waals surface area contributed by atoms with Crippen molar-refractivity contribution < 1.29 is 9.53 Å². The second-order valence-electron chi connectivity index (χ2n) is 4.43. The molecule has 0 heterocycles. The molecular weight excluding hydrogens is 252 g/mol. The van der Waals surface area contributed by atoms with Crippen molar-refractivity contribution in [1.82, 2.24) is 0 Å². The molecule has 0 bridgehead atoms. The van der Waals surface area contributed by atoms with Gasteiger partial charge in [0, 0.05) is 19.2 Å². The highest BCUT2D eigenvalue weighted by Gasteiger charge is 2.01. The van der Waals surface area contributed by atoms with Crippen LogP contribution in [0.15, 0.2) is 48.5 Å². The van der Waals surface area contributed by atoms with Crippen LogP contribution in [0.1, 0.15) is 12.5 Å². The summed E-state index contributed by atoms with van der Waals surface area (Å²) in [7, 11) is 1.66. The summed E-state index contributed by atoms with van der Waals surface area (Å²) in [5.41, 5.74) is 2.89. The second-order valence-corrected chi connectivity index (χ2v) is 4.43. The van der Waals surface area contributed by atoms with Crippen molar-refractivity contribution in [3.63, 3.8) is 0 Å². The van der Waals surface area contributed by atoms with Crippen molar-refractivity contribution in [1.29, 1.82) is 0 Å². The molecule has 0 unspecified atom stereocenters. The molecule has 0 aliphatic carbocycles. The summed E-state index contributed by atoms with van der Waals surface area (Å²) < 4.78 is 5.29. The number of hydrogen-bond acceptors (Lipinski definition) is 3. The maximum absolute atomic E-state index is 10.9. The molecular formula is C16H18N2O2. The highest BCUT2D eigenvalue weighted by atomic mass is 16.5. The molecule has 4 heteroatoms. The highest BCUT2D eigenvalue weighted by molar-refractivity contribution is 5.88. The Hall–Kier alpha value is -2.49. The Kier molecular flexibility index (Phi) is 4.60. The molecule has 0 spiro atoms.